The number of amides is 1. The number of aryl methyl sites for hydroxylation is 1. The summed E-state index contributed by atoms with van der Waals surface area (Å²) in [5.74, 6) is 0.658. The second-order valence-electron chi connectivity index (χ2n) is 6.09. The van der Waals surface area contributed by atoms with Gasteiger partial charge in [-0.3, -0.25) is 9.48 Å². The van der Waals surface area contributed by atoms with Crippen LogP contribution >= 0.6 is 11.3 Å². The molecule has 0 aliphatic heterocycles. The van der Waals surface area contributed by atoms with E-state index >= 15 is 0 Å². The lowest BCUT2D eigenvalue weighted by molar-refractivity contribution is 0.0943. The Bertz CT molecular complexity index is 1050. The van der Waals surface area contributed by atoms with Crippen molar-refractivity contribution in [3.8, 4) is 22.6 Å². The largest absolute Gasteiger partial charge is 0.461 e. The third kappa shape index (κ3) is 3.43. The van der Waals surface area contributed by atoms with Crippen molar-refractivity contribution in [1.29, 1.82) is 0 Å². The van der Waals surface area contributed by atoms with Crippen molar-refractivity contribution < 1.29 is 13.7 Å². The van der Waals surface area contributed by atoms with Crippen LogP contribution in [-0.2, 0) is 6.54 Å². The van der Waals surface area contributed by atoms with E-state index in [1.165, 1.54) is 11.8 Å². The van der Waals surface area contributed by atoms with Crippen LogP contribution in [0.1, 0.15) is 21.9 Å². The molecule has 27 heavy (non-hydrogen) atoms. The zero-order valence-electron chi connectivity index (χ0n) is 14.9. The number of furan rings is 1. The van der Waals surface area contributed by atoms with E-state index < -0.39 is 0 Å². The Morgan fingerprint density at radius 2 is 2.19 bits per heavy atom. The summed E-state index contributed by atoms with van der Waals surface area (Å²) < 4.78 is 12.3. The van der Waals surface area contributed by atoms with Crippen molar-refractivity contribution in [3.05, 3.63) is 58.4 Å². The van der Waals surface area contributed by atoms with Crippen LogP contribution in [0.2, 0.25) is 0 Å². The average Bonchev–Trinajstić information content (AvgIpc) is 3.43. The maximum atomic E-state index is 12.3. The highest BCUT2D eigenvalue weighted by atomic mass is 32.1. The van der Waals surface area contributed by atoms with Crippen molar-refractivity contribution in [2.24, 2.45) is 0 Å². The molecule has 0 atom stereocenters. The fourth-order valence-corrected chi connectivity index (χ4v) is 3.67. The summed E-state index contributed by atoms with van der Waals surface area (Å²) in [6, 6.07) is 7.15. The van der Waals surface area contributed by atoms with E-state index in [0.29, 0.717) is 24.6 Å². The van der Waals surface area contributed by atoms with Crippen LogP contribution in [0.25, 0.3) is 22.6 Å². The third-order valence-corrected chi connectivity index (χ3v) is 4.99. The molecule has 0 fully saturated rings. The summed E-state index contributed by atoms with van der Waals surface area (Å²) in [4.78, 5) is 12.3. The van der Waals surface area contributed by atoms with E-state index in [1.54, 1.807) is 29.5 Å². The Morgan fingerprint density at radius 1 is 1.30 bits per heavy atom. The monoisotopic (exact) mass is 382 g/mol. The zero-order valence-corrected chi connectivity index (χ0v) is 15.7. The van der Waals surface area contributed by atoms with Gasteiger partial charge in [-0.1, -0.05) is 5.16 Å². The molecule has 0 aromatic carbocycles. The molecule has 0 saturated carbocycles. The Kier molecular flexibility index (Phi) is 4.64. The molecule has 4 aromatic rings. The highest BCUT2D eigenvalue weighted by Gasteiger charge is 2.16. The van der Waals surface area contributed by atoms with E-state index in [4.69, 9.17) is 8.94 Å². The van der Waals surface area contributed by atoms with Gasteiger partial charge in [-0.05, 0) is 48.4 Å². The number of carbonyl (C=O) groups excluding carboxylic acids is 1. The van der Waals surface area contributed by atoms with E-state index in [-0.39, 0.29) is 11.6 Å². The Hall–Kier alpha value is -3.13. The molecule has 0 aliphatic rings. The molecule has 0 aliphatic carbocycles. The SMILES string of the molecule is Cc1nn(CCNC(=O)c2cc(-c3ccco3)on2)c(C)c1-c1ccsc1. The molecule has 0 unspecified atom stereocenters. The van der Waals surface area contributed by atoms with Gasteiger partial charge in [0.15, 0.2) is 11.5 Å². The molecule has 138 valence electrons. The summed E-state index contributed by atoms with van der Waals surface area (Å²) >= 11 is 1.66. The number of thiophene rings is 1. The predicted molar refractivity (Wildman–Crippen MR) is 102 cm³/mol. The standard InChI is InChI=1S/C19H18N4O3S/c1-12-18(14-5-9-27-11-14)13(2)23(21-12)7-6-20-19(24)15-10-17(26-22-15)16-4-3-8-25-16/h3-5,8-11H,6-7H2,1-2H3,(H,20,24). The van der Waals surface area contributed by atoms with Crippen molar-refractivity contribution in [1.82, 2.24) is 20.3 Å². The van der Waals surface area contributed by atoms with Gasteiger partial charge in [0.2, 0.25) is 5.76 Å². The molecule has 0 radical (unpaired) electrons. The van der Waals surface area contributed by atoms with Crippen LogP contribution in [0.5, 0.6) is 0 Å². The topological polar surface area (TPSA) is 86.1 Å². The summed E-state index contributed by atoms with van der Waals surface area (Å²) in [5, 5.41) is 15.4. The maximum absolute atomic E-state index is 12.3. The minimum atomic E-state index is -0.295. The lowest BCUT2D eigenvalue weighted by Crippen LogP contribution is -2.28. The van der Waals surface area contributed by atoms with Gasteiger partial charge in [0.05, 0.1) is 18.5 Å². The summed E-state index contributed by atoms with van der Waals surface area (Å²) in [6.45, 7) is 5.06. The predicted octanol–water partition coefficient (Wildman–Crippen LogP) is 3.91. The highest BCUT2D eigenvalue weighted by molar-refractivity contribution is 7.08. The van der Waals surface area contributed by atoms with Crippen LogP contribution in [0.3, 0.4) is 0 Å². The van der Waals surface area contributed by atoms with Gasteiger partial charge in [0.1, 0.15) is 0 Å². The molecule has 1 amide bonds. The van der Waals surface area contributed by atoms with E-state index in [2.05, 4.69) is 32.4 Å². The molecule has 4 aromatic heterocycles. The molecule has 7 nitrogen and oxygen atoms in total. The summed E-state index contributed by atoms with van der Waals surface area (Å²) in [6.07, 6.45) is 1.54. The van der Waals surface area contributed by atoms with Crippen LogP contribution in [0.15, 0.2) is 50.2 Å². The number of hydrogen-bond donors (Lipinski definition) is 1. The minimum absolute atomic E-state index is 0.216. The number of aromatic nitrogens is 3. The fraction of sp³-hybridized carbons (Fsp3) is 0.211. The van der Waals surface area contributed by atoms with E-state index in [0.717, 1.165) is 17.0 Å². The Labute approximate surface area is 159 Å². The van der Waals surface area contributed by atoms with E-state index in [9.17, 15) is 4.79 Å². The zero-order chi connectivity index (χ0) is 18.8. The molecule has 4 heterocycles. The second kappa shape index (κ2) is 7.24. The molecule has 8 heteroatoms. The maximum Gasteiger partial charge on any atom is 0.273 e. The number of nitrogens with zero attached hydrogens (tertiary/aromatic N) is 3. The Morgan fingerprint density at radius 3 is 2.93 bits per heavy atom. The van der Waals surface area contributed by atoms with Gasteiger partial charge in [-0.2, -0.15) is 16.4 Å². The van der Waals surface area contributed by atoms with Gasteiger partial charge in [-0.25, -0.2) is 0 Å². The molecular weight excluding hydrogens is 364 g/mol. The van der Waals surface area contributed by atoms with Gasteiger partial charge in [0, 0.05) is 23.9 Å². The van der Waals surface area contributed by atoms with Crippen LogP contribution in [0, 0.1) is 13.8 Å². The summed E-state index contributed by atoms with van der Waals surface area (Å²) in [5.41, 5.74) is 4.62. The number of carbonyl (C=O) groups is 1. The van der Waals surface area contributed by atoms with Crippen molar-refractivity contribution in [2.75, 3.05) is 6.54 Å². The molecule has 0 bridgehead atoms. The van der Waals surface area contributed by atoms with Gasteiger partial charge in [-0.15, -0.1) is 0 Å². The first kappa shape index (κ1) is 17.3. The first-order chi connectivity index (χ1) is 13.1. The second-order valence-corrected chi connectivity index (χ2v) is 6.87. The summed E-state index contributed by atoms with van der Waals surface area (Å²) in [7, 11) is 0. The first-order valence-corrected chi connectivity index (χ1v) is 9.43. The van der Waals surface area contributed by atoms with Gasteiger partial charge < -0.3 is 14.3 Å². The quantitative estimate of drug-likeness (QED) is 0.546. The normalized spacial score (nSPS) is 11.0. The average molecular weight is 382 g/mol. The molecular formula is C19H18N4O3S. The lowest BCUT2D eigenvalue weighted by Gasteiger charge is -2.06. The van der Waals surface area contributed by atoms with Crippen molar-refractivity contribution in [2.45, 2.75) is 20.4 Å². The molecule has 1 N–H and O–H groups in total. The molecule has 4 rings (SSSR count). The smallest absolute Gasteiger partial charge is 0.273 e. The number of rotatable bonds is 6. The first-order valence-electron chi connectivity index (χ1n) is 8.49. The molecule has 0 saturated heterocycles. The van der Waals surface area contributed by atoms with Gasteiger partial charge in [0.25, 0.3) is 5.91 Å². The minimum Gasteiger partial charge on any atom is -0.461 e. The highest BCUT2D eigenvalue weighted by Crippen LogP contribution is 2.28. The number of nitrogens with one attached hydrogen (secondary N) is 1. The molecule has 0 spiro atoms. The Balaban J connectivity index is 1.39. The van der Waals surface area contributed by atoms with Crippen LogP contribution in [-0.4, -0.2) is 27.4 Å². The van der Waals surface area contributed by atoms with E-state index in [1.807, 2.05) is 18.5 Å². The number of hydrogen-bond acceptors (Lipinski definition) is 6. The fourth-order valence-electron chi connectivity index (χ4n) is 3.02. The van der Waals surface area contributed by atoms with Crippen molar-refractivity contribution in [3.63, 3.8) is 0 Å². The van der Waals surface area contributed by atoms with Crippen LogP contribution in [0.4, 0.5) is 0 Å². The lowest BCUT2D eigenvalue weighted by atomic mass is 10.1. The van der Waals surface area contributed by atoms with Gasteiger partial charge >= 0.3 is 0 Å². The van der Waals surface area contributed by atoms with Crippen LogP contribution < -0.4 is 5.32 Å². The third-order valence-electron chi connectivity index (χ3n) is 4.31. The van der Waals surface area contributed by atoms with Crippen molar-refractivity contribution >= 4 is 17.2 Å².